The number of benzene rings is 3. The van der Waals surface area contributed by atoms with Crippen LogP contribution < -0.4 is 4.74 Å². The molecule has 3 aromatic rings. The Balaban J connectivity index is 1.77. The van der Waals surface area contributed by atoms with Crippen LogP contribution >= 0.6 is 23.2 Å². The molecule has 0 aliphatic rings. The monoisotopic (exact) mass is 443 g/mol. The lowest BCUT2D eigenvalue weighted by Gasteiger charge is -2.08. The molecular formula is C22H15Cl2NO3S. The van der Waals surface area contributed by atoms with Crippen molar-refractivity contribution in [1.29, 1.82) is 5.26 Å². The molecule has 29 heavy (non-hydrogen) atoms. The van der Waals surface area contributed by atoms with Gasteiger partial charge >= 0.3 is 0 Å². The molecule has 0 aliphatic carbocycles. The van der Waals surface area contributed by atoms with Crippen LogP contribution in [0, 0.1) is 11.3 Å². The number of halogens is 2. The summed E-state index contributed by atoms with van der Waals surface area (Å²) < 4.78 is 31.0. The maximum absolute atomic E-state index is 12.7. The summed E-state index contributed by atoms with van der Waals surface area (Å²) in [5.41, 5.74) is 1.42. The largest absolute Gasteiger partial charge is 0.489 e. The van der Waals surface area contributed by atoms with Crippen molar-refractivity contribution in [1.82, 2.24) is 0 Å². The lowest BCUT2D eigenvalue weighted by molar-refractivity contribution is 0.306. The molecule has 0 bridgehead atoms. The average molecular weight is 444 g/mol. The molecule has 0 aliphatic heterocycles. The van der Waals surface area contributed by atoms with Gasteiger partial charge in [0.25, 0.3) is 0 Å². The van der Waals surface area contributed by atoms with E-state index >= 15 is 0 Å². The second kappa shape index (κ2) is 9.15. The van der Waals surface area contributed by atoms with Crippen LogP contribution in [0.4, 0.5) is 0 Å². The van der Waals surface area contributed by atoms with Gasteiger partial charge in [0.1, 0.15) is 23.3 Å². The van der Waals surface area contributed by atoms with Crippen LogP contribution in [0.3, 0.4) is 0 Å². The molecule has 0 amide bonds. The molecule has 0 N–H and O–H groups in total. The van der Waals surface area contributed by atoms with Crippen molar-refractivity contribution in [3.8, 4) is 11.8 Å². The van der Waals surface area contributed by atoms with E-state index in [1.807, 2.05) is 18.2 Å². The van der Waals surface area contributed by atoms with Crippen molar-refractivity contribution >= 4 is 39.1 Å². The Morgan fingerprint density at radius 3 is 2.24 bits per heavy atom. The predicted molar refractivity (Wildman–Crippen MR) is 114 cm³/mol. The first-order chi connectivity index (χ1) is 13.9. The summed E-state index contributed by atoms with van der Waals surface area (Å²) in [4.78, 5) is -0.348. The second-order valence-electron chi connectivity index (χ2n) is 6.03. The van der Waals surface area contributed by atoms with E-state index in [9.17, 15) is 13.7 Å². The van der Waals surface area contributed by atoms with Gasteiger partial charge in [-0.1, -0.05) is 53.5 Å². The highest BCUT2D eigenvalue weighted by atomic mass is 35.5. The lowest BCUT2D eigenvalue weighted by atomic mass is 10.2. The van der Waals surface area contributed by atoms with Crippen molar-refractivity contribution in [2.24, 2.45) is 0 Å². The van der Waals surface area contributed by atoms with Gasteiger partial charge in [0, 0.05) is 15.6 Å². The zero-order chi connectivity index (χ0) is 20.9. The average Bonchev–Trinajstić information content (AvgIpc) is 2.72. The highest BCUT2D eigenvalue weighted by Gasteiger charge is 2.20. The molecule has 0 saturated heterocycles. The number of hydrogen-bond donors (Lipinski definition) is 0. The van der Waals surface area contributed by atoms with Gasteiger partial charge in [0.2, 0.25) is 9.84 Å². The van der Waals surface area contributed by atoms with Crippen LogP contribution in [-0.2, 0) is 16.4 Å². The molecule has 0 fully saturated rings. The van der Waals surface area contributed by atoms with Crippen LogP contribution in [-0.4, -0.2) is 8.42 Å². The maximum atomic E-state index is 12.7. The summed E-state index contributed by atoms with van der Waals surface area (Å²) >= 11 is 11.9. The van der Waals surface area contributed by atoms with Crippen molar-refractivity contribution in [3.05, 3.63) is 98.9 Å². The highest BCUT2D eigenvalue weighted by molar-refractivity contribution is 7.95. The Morgan fingerprint density at radius 1 is 0.966 bits per heavy atom. The molecule has 0 aromatic heterocycles. The van der Waals surface area contributed by atoms with E-state index in [0.29, 0.717) is 28.0 Å². The summed E-state index contributed by atoms with van der Waals surface area (Å²) in [6, 6.07) is 21.6. The zero-order valence-corrected chi connectivity index (χ0v) is 17.4. The molecule has 4 nitrogen and oxygen atoms in total. The fraction of sp³-hybridized carbons (Fsp3) is 0.0455. The quantitative estimate of drug-likeness (QED) is 0.444. The fourth-order valence-corrected chi connectivity index (χ4v) is 3.97. The molecule has 0 atom stereocenters. The molecule has 146 valence electrons. The van der Waals surface area contributed by atoms with Gasteiger partial charge in [-0.05, 0) is 54.1 Å². The molecule has 3 aromatic carbocycles. The minimum Gasteiger partial charge on any atom is -0.489 e. The van der Waals surface area contributed by atoms with Gasteiger partial charge in [-0.3, -0.25) is 0 Å². The Hall–Kier alpha value is -2.78. The minimum atomic E-state index is -3.93. The minimum absolute atomic E-state index is 0.00870. The Bertz CT molecular complexity index is 1180. The van der Waals surface area contributed by atoms with Gasteiger partial charge in [-0.2, -0.15) is 5.26 Å². The molecule has 0 radical (unpaired) electrons. The molecule has 0 spiro atoms. The van der Waals surface area contributed by atoms with Gasteiger partial charge in [0.15, 0.2) is 0 Å². The van der Waals surface area contributed by atoms with E-state index in [4.69, 9.17) is 27.9 Å². The van der Waals surface area contributed by atoms with Gasteiger partial charge in [-0.25, -0.2) is 8.42 Å². The Kier molecular flexibility index (Phi) is 6.60. The zero-order valence-electron chi connectivity index (χ0n) is 15.0. The van der Waals surface area contributed by atoms with Gasteiger partial charge in [0.05, 0.1) is 4.90 Å². The topological polar surface area (TPSA) is 67.2 Å². The SMILES string of the molecule is N#CC(=Cc1ccc(OCc2ccccc2Cl)cc1)S(=O)(=O)c1ccc(Cl)cc1. The van der Waals surface area contributed by atoms with Crippen molar-refractivity contribution in [2.75, 3.05) is 0 Å². The van der Waals surface area contributed by atoms with E-state index in [1.165, 1.54) is 30.3 Å². The third kappa shape index (κ3) is 5.18. The Labute approximate surface area is 179 Å². The number of ether oxygens (including phenoxy) is 1. The standard InChI is InChI=1S/C22H15Cl2NO3S/c23-18-7-11-20(12-8-18)29(26,27)21(14-25)13-16-5-9-19(10-6-16)28-15-17-3-1-2-4-22(17)24/h1-13H,15H2. The first-order valence-corrected chi connectivity index (χ1v) is 10.7. The van der Waals surface area contributed by atoms with Gasteiger partial charge in [-0.15, -0.1) is 0 Å². The van der Waals surface area contributed by atoms with E-state index in [0.717, 1.165) is 5.56 Å². The third-order valence-corrected chi connectivity index (χ3v) is 6.36. The number of rotatable bonds is 6. The van der Waals surface area contributed by atoms with E-state index in [2.05, 4.69) is 0 Å². The smallest absolute Gasteiger partial charge is 0.216 e. The van der Waals surface area contributed by atoms with Crippen molar-refractivity contribution < 1.29 is 13.2 Å². The number of allylic oxidation sites excluding steroid dienone is 1. The summed E-state index contributed by atoms with van der Waals surface area (Å²) in [5, 5.41) is 10.4. The van der Waals surface area contributed by atoms with Crippen molar-refractivity contribution in [2.45, 2.75) is 11.5 Å². The molecule has 0 unspecified atom stereocenters. The number of nitriles is 1. The van der Waals surface area contributed by atoms with Crippen molar-refractivity contribution in [3.63, 3.8) is 0 Å². The first kappa shape index (κ1) is 20.9. The number of sulfone groups is 1. The van der Waals surface area contributed by atoms with E-state index in [1.54, 1.807) is 36.4 Å². The molecule has 3 rings (SSSR count). The maximum Gasteiger partial charge on any atom is 0.216 e. The highest BCUT2D eigenvalue weighted by Crippen LogP contribution is 2.24. The molecule has 7 heteroatoms. The van der Waals surface area contributed by atoms with Crippen LogP contribution in [0.15, 0.2) is 82.6 Å². The number of hydrogen-bond acceptors (Lipinski definition) is 4. The van der Waals surface area contributed by atoms with E-state index in [-0.39, 0.29) is 9.80 Å². The fourth-order valence-electron chi connectivity index (χ4n) is 2.50. The number of nitrogens with zero attached hydrogens (tertiary/aromatic N) is 1. The third-order valence-electron chi connectivity index (χ3n) is 4.05. The second-order valence-corrected chi connectivity index (χ2v) is 8.79. The first-order valence-electron chi connectivity index (χ1n) is 8.49. The summed E-state index contributed by atoms with van der Waals surface area (Å²) in [5.74, 6) is 0.598. The lowest BCUT2D eigenvalue weighted by Crippen LogP contribution is -2.03. The predicted octanol–water partition coefficient (Wildman–Crippen LogP) is 5.91. The normalized spacial score (nSPS) is 11.7. The van der Waals surface area contributed by atoms with Crippen LogP contribution in [0.1, 0.15) is 11.1 Å². The van der Waals surface area contributed by atoms with Gasteiger partial charge < -0.3 is 4.74 Å². The molecule has 0 saturated carbocycles. The summed E-state index contributed by atoms with van der Waals surface area (Å²) in [6.45, 7) is 0.309. The molecule has 0 heterocycles. The van der Waals surface area contributed by atoms with Crippen LogP contribution in [0.5, 0.6) is 5.75 Å². The summed E-state index contributed by atoms with van der Waals surface area (Å²) in [6.07, 6.45) is 1.32. The van der Waals surface area contributed by atoms with Crippen LogP contribution in [0.25, 0.3) is 6.08 Å². The molecular weight excluding hydrogens is 429 g/mol. The Morgan fingerprint density at radius 2 is 1.62 bits per heavy atom. The summed E-state index contributed by atoms with van der Waals surface area (Å²) in [7, 11) is -3.93. The van der Waals surface area contributed by atoms with E-state index < -0.39 is 9.84 Å². The van der Waals surface area contributed by atoms with Crippen LogP contribution in [0.2, 0.25) is 10.0 Å².